The lowest BCUT2D eigenvalue weighted by Crippen LogP contribution is -2.37. The first-order chi connectivity index (χ1) is 16.5. The number of rotatable bonds is 10. The number of hydrogen-bond acceptors (Lipinski definition) is 9. The van der Waals surface area contributed by atoms with Crippen molar-refractivity contribution in [3.8, 4) is 22.9 Å². The van der Waals surface area contributed by atoms with Gasteiger partial charge in [0.2, 0.25) is 10.0 Å². The Labute approximate surface area is 198 Å². The summed E-state index contributed by atoms with van der Waals surface area (Å²) in [5, 5.41) is 11.1. The van der Waals surface area contributed by atoms with Gasteiger partial charge in [-0.25, -0.2) is 8.42 Å². The van der Waals surface area contributed by atoms with Gasteiger partial charge in [0.25, 0.3) is 0 Å². The fourth-order valence-electron chi connectivity index (χ4n) is 3.96. The lowest BCUT2D eigenvalue weighted by atomic mass is 10.1. The molecule has 34 heavy (non-hydrogen) atoms. The Morgan fingerprint density at radius 1 is 1.12 bits per heavy atom. The molecule has 0 spiro atoms. The highest BCUT2D eigenvalue weighted by Gasteiger charge is 2.31. The summed E-state index contributed by atoms with van der Waals surface area (Å²) in [7, 11) is 0.603. The van der Waals surface area contributed by atoms with Gasteiger partial charge >= 0.3 is 0 Å². The van der Waals surface area contributed by atoms with Crippen molar-refractivity contribution in [3.63, 3.8) is 0 Å². The van der Waals surface area contributed by atoms with Crippen LogP contribution in [0.25, 0.3) is 5.69 Å². The zero-order chi connectivity index (χ0) is 24.1. The number of tetrazole rings is 1. The quantitative estimate of drug-likeness (QED) is 0.422. The average Bonchev–Trinajstić information content (AvgIpc) is 3.57. The minimum absolute atomic E-state index is 0.0830. The molecule has 12 heteroatoms. The molecule has 0 radical (unpaired) electrons. The lowest BCUT2D eigenvalue weighted by molar-refractivity contribution is 0.0924. The summed E-state index contributed by atoms with van der Waals surface area (Å²) >= 11 is 0. The summed E-state index contributed by atoms with van der Waals surface area (Å²) in [6, 6.07) is 9.98. The predicted octanol–water partition coefficient (Wildman–Crippen LogP) is 2.06. The number of benzene rings is 2. The molecule has 0 aliphatic carbocycles. The Morgan fingerprint density at radius 2 is 1.94 bits per heavy atom. The monoisotopic (exact) mass is 489 g/mol. The zero-order valence-corrected chi connectivity index (χ0v) is 20.1. The van der Waals surface area contributed by atoms with Crippen LogP contribution in [-0.4, -0.2) is 73.5 Å². The first-order valence-electron chi connectivity index (χ1n) is 10.7. The van der Waals surface area contributed by atoms with Crippen molar-refractivity contribution in [2.24, 2.45) is 0 Å². The first-order valence-corrected chi connectivity index (χ1v) is 12.1. The number of methoxy groups -OCH3 is 3. The molecule has 1 atom stereocenters. The van der Waals surface area contributed by atoms with E-state index in [0.717, 1.165) is 12.8 Å². The third-order valence-electron chi connectivity index (χ3n) is 5.65. The molecule has 2 aromatic carbocycles. The van der Waals surface area contributed by atoms with Gasteiger partial charge in [-0.05, 0) is 41.5 Å². The SMILES string of the molecule is COc1cc(S(=O)(=O)N(Cc2cccc(OC)c2OC)C[C@H]2CCCO2)ccc1-n1cnnn1. The van der Waals surface area contributed by atoms with Crippen LogP contribution in [0.2, 0.25) is 0 Å². The van der Waals surface area contributed by atoms with Gasteiger partial charge in [-0.3, -0.25) is 0 Å². The topological polar surface area (TPSA) is 118 Å². The molecule has 11 nitrogen and oxygen atoms in total. The van der Waals surface area contributed by atoms with E-state index in [2.05, 4.69) is 15.5 Å². The molecule has 2 heterocycles. The minimum atomic E-state index is -3.93. The van der Waals surface area contributed by atoms with Crippen LogP contribution < -0.4 is 14.2 Å². The van der Waals surface area contributed by atoms with E-state index >= 15 is 0 Å². The summed E-state index contributed by atoms with van der Waals surface area (Å²) in [5.74, 6) is 1.34. The summed E-state index contributed by atoms with van der Waals surface area (Å²) in [6.07, 6.45) is 2.91. The van der Waals surface area contributed by atoms with E-state index in [1.807, 2.05) is 6.07 Å². The van der Waals surface area contributed by atoms with Gasteiger partial charge in [0.05, 0.1) is 32.3 Å². The van der Waals surface area contributed by atoms with E-state index in [9.17, 15) is 8.42 Å². The molecule has 1 aliphatic heterocycles. The minimum Gasteiger partial charge on any atom is -0.494 e. The third-order valence-corrected chi connectivity index (χ3v) is 7.45. The molecule has 0 saturated carbocycles. The molecule has 182 valence electrons. The predicted molar refractivity (Wildman–Crippen MR) is 122 cm³/mol. The van der Waals surface area contributed by atoms with Crippen LogP contribution in [0.5, 0.6) is 17.2 Å². The van der Waals surface area contributed by atoms with Crippen LogP contribution >= 0.6 is 0 Å². The van der Waals surface area contributed by atoms with Crippen molar-refractivity contribution in [1.29, 1.82) is 0 Å². The number of sulfonamides is 1. The Morgan fingerprint density at radius 3 is 2.59 bits per heavy atom. The van der Waals surface area contributed by atoms with Gasteiger partial charge in [-0.1, -0.05) is 12.1 Å². The second-order valence-electron chi connectivity index (χ2n) is 7.67. The smallest absolute Gasteiger partial charge is 0.243 e. The standard InChI is InChI=1S/C22H27N5O6S/c1-30-20-8-4-6-16(22(20)32-3)13-26(14-17-7-5-11-33-17)34(28,29)18-9-10-19(21(12-18)31-2)27-15-23-24-25-27/h4,6,8-10,12,15,17H,5,7,11,13-14H2,1-3H3/t17-/m1/s1. The van der Waals surface area contributed by atoms with Crippen molar-refractivity contribution in [3.05, 3.63) is 48.3 Å². The molecular formula is C22H27N5O6S. The maximum absolute atomic E-state index is 13.8. The molecule has 1 fully saturated rings. The van der Waals surface area contributed by atoms with Crippen LogP contribution in [0.4, 0.5) is 0 Å². The van der Waals surface area contributed by atoms with E-state index in [1.165, 1.54) is 41.7 Å². The van der Waals surface area contributed by atoms with Crippen LogP contribution in [0.15, 0.2) is 47.6 Å². The molecular weight excluding hydrogens is 462 g/mol. The maximum atomic E-state index is 13.8. The average molecular weight is 490 g/mol. The van der Waals surface area contributed by atoms with Crippen molar-refractivity contribution < 1.29 is 27.4 Å². The summed E-state index contributed by atoms with van der Waals surface area (Å²) in [5.41, 5.74) is 1.20. The molecule has 1 saturated heterocycles. The highest BCUT2D eigenvalue weighted by atomic mass is 32.2. The number of aromatic nitrogens is 4. The maximum Gasteiger partial charge on any atom is 0.243 e. The van der Waals surface area contributed by atoms with Gasteiger partial charge in [-0.2, -0.15) is 8.99 Å². The largest absolute Gasteiger partial charge is 0.494 e. The van der Waals surface area contributed by atoms with E-state index in [0.29, 0.717) is 35.1 Å². The molecule has 1 aromatic heterocycles. The van der Waals surface area contributed by atoms with Crippen LogP contribution in [-0.2, 0) is 21.3 Å². The fraction of sp³-hybridized carbons (Fsp3) is 0.409. The third kappa shape index (κ3) is 4.83. The molecule has 0 bridgehead atoms. The number of nitrogens with zero attached hydrogens (tertiary/aromatic N) is 5. The molecule has 0 unspecified atom stereocenters. The molecule has 4 rings (SSSR count). The molecule has 1 aliphatic rings. The Hall–Kier alpha value is -3.22. The summed E-state index contributed by atoms with van der Waals surface area (Å²) in [4.78, 5) is 0.0843. The highest BCUT2D eigenvalue weighted by Crippen LogP contribution is 2.34. The summed E-state index contributed by atoms with van der Waals surface area (Å²) < 4.78 is 52.6. The van der Waals surface area contributed by atoms with Crippen LogP contribution in [0.3, 0.4) is 0 Å². The molecule has 3 aromatic rings. The fourth-order valence-corrected chi connectivity index (χ4v) is 5.43. The normalized spacial score (nSPS) is 16.1. The van der Waals surface area contributed by atoms with E-state index in [1.54, 1.807) is 25.3 Å². The number of para-hydroxylation sites is 1. The van der Waals surface area contributed by atoms with Crippen molar-refractivity contribution in [2.75, 3.05) is 34.5 Å². The second-order valence-corrected chi connectivity index (χ2v) is 9.61. The van der Waals surface area contributed by atoms with Crippen molar-refractivity contribution >= 4 is 10.0 Å². The Kier molecular flexibility index (Phi) is 7.29. The molecule has 0 N–H and O–H groups in total. The van der Waals surface area contributed by atoms with Crippen LogP contribution in [0.1, 0.15) is 18.4 Å². The van der Waals surface area contributed by atoms with Crippen molar-refractivity contribution in [2.45, 2.75) is 30.4 Å². The Balaban J connectivity index is 1.72. The van der Waals surface area contributed by atoms with E-state index in [4.69, 9.17) is 18.9 Å². The lowest BCUT2D eigenvalue weighted by Gasteiger charge is -2.26. The zero-order valence-electron chi connectivity index (χ0n) is 19.2. The molecule has 0 amide bonds. The van der Waals surface area contributed by atoms with Gasteiger partial charge in [-0.15, -0.1) is 5.10 Å². The highest BCUT2D eigenvalue weighted by molar-refractivity contribution is 7.89. The van der Waals surface area contributed by atoms with E-state index < -0.39 is 10.0 Å². The number of ether oxygens (including phenoxy) is 4. The Bertz CT molecular complexity index is 1210. The van der Waals surface area contributed by atoms with Gasteiger partial charge in [0.15, 0.2) is 11.5 Å². The first kappa shape index (κ1) is 23.9. The number of hydrogen-bond donors (Lipinski definition) is 0. The summed E-state index contributed by atoms with van der Waals surface area (Å²) in [6.45, 7) is 0.912. The van der Waals surface area contributed by atoms with Crippen molar-refractivity contribution in [1.82, 2.24) is 24.5 Å². The second kappa shape index (κ2) is 10.4. The van der Waals surface area contributed by atoms with Crippen LogP contribution in [0, 0.1) is 0 Å². The van der Waals surface area contributed by atoms with Gasteiger partial charge in [0.1, 0.15) is 17.8 Å². The van der Waals surface area contributed by atoms with E-state index in [-0.39, 0.29) is 24.1 Å². The van der Waals surface area contributed by atoms with Gasteiger partial charge < -0.3 is 18.9 Å². The van der Waals surface area contributed by atoms with Gasteiger partial charge in [0, 0.05) is 31.3 Å².